The first-order valence-electron chi connectivity index (χ1n) is 6.12. The molecule has 18 heavy (non-hydrogen) atoms. The molecule has 0 radical (unpaired) electrons. The number of rotatable bonds is 6. The maximum absolute atomic E-state index is 4.35. The van der Waals surface area contributed by atoms with E-state index in [-0.39, 0.29) is 0 Å². The fraction of sp³-hybridized carbons (Fsp3) is 0.467. The second-order valence-corrected chi connectivity index (χ2v) is 6.36. The van der Waals surface area contributed by atoms with Crippen molar-refractivity contribution in [2.45, 2.75) is 47.0 Å². The van der Waals surface area contributed by atoms with Crippen molar-refractivity contribution in [1.82, 2.24) is 0 Å². The minimum absolute atomic E-state index is 0.663. The standard InChI is InChI=1S/C15H24S3/c1-11(2)7-5-8-12(3)9-6-10-13(4)14(16)15(17)18/h7,9-10,16-18H,5-6,8H2,1-4H3/b12-9+,13-10+. The second-order valence-electron chi connectivity index (χ2n) is 4.67. The third-order valence-corrected chi connectivity index (χ3v) is 3.94. The lowest BCUT2D eigenvalue weighted by atomic mass is 10.1. The van der Waals surface area contributed by atoms with Crippen molar-refractivity contribution in [1.29, 1.82) is 0 Å². The Hall–Kier alpha value is 0.01000. The summed E-state index contributed by atoms with van der Waals surface area (Å²) >= 11 is 12.7. The van der Waals surface area contributed by atoms with Gasteiger partial charge in [-0.05, 0) is 52.5 Å². The SMILES string of the molecule is CC(C)=CCC/C(C)=C/C/C=C(\C)C(S)=C(S)S. The van der Waals surface area contributed by atoms with Crippen LogP contribution in [0.2, 0.25) is 0 Å². The molecule has 0 amide bonds. The van der Waals surface area contributed by atoms with Gasteiger partial charge in [0, 0.05) is 9.14 Å². The van der Waals surface area contributed by atoms with E-state index >= 15 is 0 Å². The summed E-state index contributed by atoms with van der Waals surface area (Å²) in [5.41, 5.74) is 3.93. The molecular weight excluding hydrogens is 276 g/mol. The van der Waals surface area contributed by atoms with Crippen molar-refractivity contribution < 1.29 is 0 Å². The predicted octanol–water partition coefficient (Wildman–Crippen LogP) is 5.97. The van der Waals surface area contributed by atoms with Gasteiger partial charge in [0.2, 0.25) is 0 Å². The molecule has 0 N–H and O–H groups in total. The summed E-state index contributed by atoms with van der Waals surface area (Å²) < 4.78 is 0.663. The fourth-order valence-electron chi connectivity index (χ4n) is 1.40. The Labute approximate surface area is 129 Å². The summed E-state index contributed by atoms with van der Waals surface area (Å²) in [6.45, 7) is 8.49. The van der Waals surface area contributed by atoms with Crippen molar-refractivity contribution in [2.75, 3.05) is 0 Å². The molecule has 0 nitrogen and oxygen atoms in total. The summed E-state index contributed by atoms with van der Waals surface area (Å²) in [5, 5.41) is 0. The van der Waals surface area contributed by atoms with E-state index in [9.17, 15) is 0 Å². The molecule has 102 valence electrons. The Morgan fingerprint density at radius 2 is 1.50 bits per heavy atom. The zero-order valence-electron chi connectivity index (χ0n) is 11.7. The smallest absolute Gasteiger partial charge is 0.0476 e. The summed E-state index contributed by atoms with van der Waals surface area (Å²) in [6, 6.07) is 0. The van der Waals surface area contributed by atoms with Crippen molar-refractivity contribution in [3.8, 4) is 0 Å². The zero-order chi connectivity index (χ0) is 14.1. The number of hydrogen-bond acceptors (Lipinski definition) is 3. The van der Waals surface area contributed by atoms with Crippen molar-refractivity contribution in [3.05, 3.63) is 44.1 Å². The predicted molar refractivity (Wildman–Crippen MR) is 94.8 cm³/mol. The van der Waals surface area contributed by atoms with Crippen LogP contribution in [0.3, 0.4) is 0 Å². The normalized spacial score (nSPS) is 12.4. The molecule has 0 aliphatic rings. The van der Waals surface area contributed by atoms with Crippen LogP contribution >= 0.6 is 37.9 Å². The molecule has 0 unspecified atom stereocenters. The lowest BCUT2D eigenvalue weighted by Gasteiger charge is -2.02. The van der Waals surface area contributed by atoms with Crippen LogP contribution in [-0.4, -0.2) is 0 Å². The summed E-state index contributed by atoms with van der Waals surface area (Å²) in [6.07, 6.45) is 9.89. The van der Waals surface area contributed by atoms with E-state index in [4.69, 9.17) is 0 Å². The number of thiol groups is 3. The minimum atomic E-state index is 0.663. The quantitative estimate of drug-likeness (QED) is 0.300. The van der Waals surface area contributed by atoms with Crippen LogP contribution in [0.4, 0.5) is 0 Å². The van der Waals surface area contributed by atoms with Crippen LogP contribution in [0, 0.1) is 0 Å². The van der Waals surface area contributed by atoms with E-state index in [0.29, 0.717) is 4.24 Å². The molecule has 0 aliphatic heterocycles. The Kier molecular flexibility index (Phi) is 9.88. The van der Waals surface area contributed by atoms with Crippen LogP contribution in [0.5, 0.6) is 0 Å². The van der Waals surface area contributed by atoms with Gasteiger partial charge < -0.3 is 0 Å². The third-order valence-electron chi connectivity index (χ3n) is 2.57. The van der Waals surface area contributed by atoms with Gasteiger partial charge in [0.05, 0.1) is 0 Å². The average molecular weight is 301 g/mol. The maximum atomic E-state index is 4.35. The van der Waals surface area contributed by atoms with E-state index in [1.165, 1.54) is 11.1 Å². The highest BCUT2D eigenvalue weighted by Gasteiger charge is 1.96. The fourth-order valence-corrected chi connectivity index (χ4v) is 1.84. The first kappa shape index (κ1) is 18.0. The van der Waals surface area contributed by atoms with Gasteiger partial charge in [-0.1, -0.05) is 29.4 Å². The highest BCUT2D eigenvalue weighted by molar-refractivity contribution is 8.06. The lowest BCUT2D eigenvalue weighted by molar-refractivity contribution is 0.958. The molecule has 0 heterocycles. The molecule has 0 aromatic heterocycles. The minimum Gasteiger partial charge on any atom is -0.142 e. The van der Waals surface area contributed by atoms with Gasteiger partial charge in [0.25, 0.3) is 0 Å². The van der Waals surface area contributed by atoms with E-state index in [1.807, 2.05) is 6.92 Å². The van der Waals surface area contributed by atoms with Crippen LogP contribution in [0.25, 0.3) is 0 Å². The van der Waals surface area contributed by atoms with Crippen LogP contribution < -0.4 is 0 Å². The van der Waals surface area contributed by atoms with Crippen LogP contribution in [-0.2, 0) is 0 Å². The highest BCUT2D eigenvalue weighted by Crippen LogP contribution is 2.23. The maximum Gasteiger partial charge on any atom is 0.0476 e. The van der Waals surface area contributed by atoms with Gasteiger partial charge in [-0.25, -0.2) is 0 Å². The molecule has 0 saturated heterocycles. The first-order valence-corrected chi connectivity index (χ1v) is 7.46. The van der Waals surface area contributed by atoms with E-state index in [0.717, 1.165) is 29.7 Å². The molecule has 0 atom stereocenters. The lowest BCUT2D eigenvalue weighted by Crippen LogP contribution is -1.80. The third kappa shape index (κ3) is 9.01. The molecule has 0 fully saturated rings. The van der Waals surface area contributed by atoms with Gasteiger partial charge in [-0.15, -0.1) is 37.9 Å². The van der Waals surface area contributed by atoms with Crippen LogP contribution in [0.15, 0.2) is 44.1 Å². The van der Waals surface area contributed by atoms with E-state index < -0.39 is 0 Å². The average Bonchev–Trinajstić information content (AvgIpc) is 2.27. The van der Waals surface area contributed by atoms with Gasteiger partial charge in [0.1, 0.15) is 0 Å². The Morgan fingerprint density at radius 1 is 0.889 bits per heavy atom. The highest BCUT2D eigenvalue weighted by atomic mass is 32.2. The van der Waals surface area contributed by atoms with Gasteiger partial charge in [-0.3, -0.25) is 0 Å². The number of allylic oxidation sites excluding steroid dienone is 6. The molecule has 0 aromatic rings. The largest absolute Gasteiger partial charge is 0.142 e. The second kappa shape index (κ2) is 9.88. The first-order chi connectivity index (χ1) is 8.34. The summed E-state index contributed by atoms with van der Waals surface area (Å²) in [7, 11) is 0. The monoisotopic (exact) mass is 300 g/mol. The summed E-state index contributed by atoms with van der Waals surface area (Å²) in [4.78, 5) is 0.845. The molecule has 0 saturated carbocycles. The summed E-state index contributed by atoms with van der Waals surface area (Å²) in [5.74, 6) is 0. The van der Waals surface area contributed by atoms with Crippen molar-refractivity contribution in [3.63, 3.8) is 0 Å². The molecule has 0 aromatic carbocycles. The number of hydrogen-bond donors (Lipinski definition) is 3. The van der Waals surface area contributed by atoms with Crippen molar-refractivity contribution in [2.24, 2.45) is 0 Å². The topological polar surface area (TPSA) is 0 Å². The zero-order valence-corrected chi connectivity index (χ0v) is 14.4. The molecular formula is C15H24S3. The molecule has 0 bridgehead atoms. The van der Waals surface area contributed by atoms with E-state index in [2.05, 4.69) is 76.9 Å². The van der Waals surface area contributed by atoms with Gasteiger partial charge in [-0.2, -0.15) is 0 Å². The molecule has 0 aliphatic carbocycles. The van der Waals surface area contributed by atoms with Gasteiger partial charge >= 0.3 is 0 Å². The van der Waals surface area contributed by atoms with Crippen LogP contribution in [0.1, 0.15) is 47.0 Å². The van der Waals surface area contributed by atoms with Crippen molar-refractivity contribution >= 4 is 37.9 Å². The molecule has 0 rings (SSSR count). The molecule has 0 spiro atoms. The molecule has 3 heteroatoms. The Bertz CT molecular complexity index is 377. The van der Waals surface area contributed by atoms with Gasteiger partial charge in [0.15, 0.2) is 0 Å². The Morgan fingerprint density at radius 3 is 2.00 bits per heavy atom. The van der Waals surface area contributed by atoms with E-state index in [1.54, 1.807) is 0 Å². The Balaban J connectivity index is 4.27.